The molecule has 0 N–H and O–H groups in total. The van der Waals surface area contributed by atoms with Crippen LogP contribution in [0.1, 0.15) is 35.8 Å². The molecule has 1 amide bonds. The van der Waals surface area contributed by atoms with Crippen LogP contribution >= 0.6 is 0 Å². The van der Waals surface area contributed by atoms with Gasteiger partial charge >= 0.3 is 6.18 Å². The molecule has 0 radical (unpaired) electrons. The summed E-state index contributed by atoms with van der Waals surface area (Å²) in [5.74, 6) is -1.36. The van der Waals surface area contributed by atoms with Crippen molar-refractivity contribution in [3.8, 4) is 11.6 Å². The highest BCUT2D eigenvalue weighted by atomic mass is 19.4. The van der Waals surface area contributed by atoms with E-state index in [-0.39, 0.29) is 17.1 Å². The first kappa shape index (κ1) is 21.7. The first-order valence-electron chi connectivity index (χ1n) is 9.78. The largest absolute Gasteiger partial charge is 0.471 e. The topological polar surface area (TPSA) is 86.0 Å². The first-order chi connectivity index (χ1) is 15.3. The van der Waals surface area contributed by atoms with Gasteiger partial charge < -0.3 is 9.64 Å². The Hall–Kier alpha value is -3.57. The Balaban J connectivity index is 1.55. The number of hydrogen-bond acceptors (Lipinski definition) is 6. The van der Waals surface area contributed by atoms with Crippen LogP contribution in [-0.4, -0.2) is 54.5 Å². The minimum atomic E-state index is -4.60. The summed E-state index contributed by atoms with van der Waals surface area (Å²) < 4.78 is 58.5. The molecule has 12 heteroatoms. The Morgan fingerprint density at radius 1 is 1.16 bits per heavy atom. The number of halogens is 4. The molecule has 1 fully saturated rings. The summed E-state index contributed by atoms with van der Waals surface area (Å²) in [7, 11) is 0. The summed E-state index contributed by atoms with van der Waals surface area (Å²) in [5.41, 5.74) is -1.10. The third-order valence-corrected chi connectivity index (χ3v) is 5.21. The monoisotopic (exact) mass is 450 g/mol. The maximum atomic E-state index is 14.7. The van der Waals surface area contributed by atoms with E-state index in [0.29, 0.717) is 25.6 Å². The van der Waals surface area contributed by atoms with E-state index in [4.69, 9.17) is 4.74 Å². The fourth-order valence-electron chi connectivity index (χ4n) is 3.61. The van der Waals surface area contributed by atoms with Gasteiger partial charge in [0.15, 0.2) is 5.69 Å². The molecule has 0 bridgehead atoms. The highest BCUT2D eigenvalue weighted by Crippen LogP contribution is 2.29. The molecular formula is C20H18F4N6O2. The molecule has 168 valence electrons. The second-order valence-electron chi connectivity index (χ2n) is 7.23. The normalized spacial score (nSPS) is 19.1. The lowest BCUT2D eigenvalue weighted by molar-refractivity contribution is -0.141. The molecule has 1 aliphatic heterocycles. The first-order valence-corrected chi connectivity index (χ1v) is 9.78. The molecular weight excluding hydrogens is 432 g/mol. The molecule has 2 aromatic heterocycles. The summed E-state index contributed by atoms with van der Waals surface area (Å²) in [5, 5.41) is 7.96. The summed E-state index contributed by atoms with van der Waals surface area (Å²) in [6.07, 6.45) is 0.250. The molecule has 32 heavy (non-hydrogen) atoms. The van der Waals surface area contributed by atoms with E-state index in [1.54, 1.807) is 6.92 Å². The molecule has 1 aromatic carbocycles. The van der Waals surface area contributed by atoms with Crippen molar-refractivity contribution >= 4 is 5.91 Å². The summed E-state index contributed by atoms with van der Waals surface area (Å²) in [4.78, 5) is 23.0. The van der Waals surface area contributed by atoms with Crippen molar-refractivity contribution in [2.75, 3.05) is 6.54 Å². The van der Waals surface area contributed by atoms with Crippen LogP contribution in [0.5, 0.6) is 5.88 Å². The minimum Gasteiger partial charge on any atom is -0.471 e. The number of carbonyl (C=O) groups excluding carboxylic acids is 1. The van der Waals surface area contributed by atoms with Crippen LogP contribution in [-0.2, 0) is 6.18 Å². The van der Waals surface area contributed by atoms with E-state index in [2.05, 4.69) is 20.2 Å². The molecule has 3 heterocycles. The van der Waals surface area contributed by atoms with Gasteiger partial charge in [-0.15, -0.1) is 0 Å². The number of likely N-dealkylation sites (tertiary alicyclic amines) is 1. The Morgan fingerprint density at radius 3 is 2.56 bits per heavy atom. The molecule has 3 aromatic rings. The zero-order valence-corrected chi connectivity index (χ0v) is 16.8. The average Bonchev–Trinajstić information content (AvgIpc) is 3.29. The number of alkyl halides is 3. The smallest absolute Gasteiger partial charge is 0.434 e. The number of aromatic nitrogens is 5. The molecule has 0 aliphatic carbocycles. The van der Waals surface area contributed by atoms with Gasteiger partial charge in [0, 0.05) is 6.54 Å². The molecule has 0 spiro atoms. The van der Waals surface area contributed by atoms with Crippen molar-refractivity contribution in [1.82, 2.24) is 29.9 Å². The quantitative estimate of drug-likeness (QED) is 0.567. The van der Waals surface area contributed by atoms with Crippen molar-refractivity contribution < 1.29 is 27.1 Å². The Bertz CT molecular complexity index is 1090. The van der Waals surface area contributed by atoms with Crippen LogP contribution in [0.2, 0.25) is 0 Å². The highest BCUT2D eigenvalue weighted by Gasteiger charge is 2.36. The summed E-state index contributed by atoms with van der Waals surface area (Å²) >= 11 is 0. The SMILES string of the molecule is C[C@H]1[C@H](Oc2cnc(C(F)(F)F)cn2)CCCN1C(=O)c1c(F)cccc1-n1nccn1. The van der Waals surface area contributed by atoms with Gasteiger partial charge in [-0.25, -0.2) is 14.4 Å². The number of carbonyl (C=O) groups is 1. The van der Waals surface area contributed by atoms with Crippen LogP contribution in [0.15, 0.2) is 43.0 Å². The van der Waals surface area contributed by atoms with E-state index in [1.807, 2.05) is 0 Å². The average molecular weight is 450 g/mol. The number of amides is 1. The summed E-state index contributed by atoms with van der Waals surface area (Å²) in [6.45, 7) is 2.09. The van der Waals surface area contributed by atoms with Crippen molar-refractivity contribution in [2.24, 2.45) is 0 Å². The van der Waals surface area contributed by atoms with Gasteiger partial charge in [0.1, 0.15) is 23.2 Å². The highest BCUT2D eigenvalue weighted by molar-refractivity contribution is 5.98. The fourth-order valence-corrected chi connectivity index (χ4v) is 3.61. The second kappa shape index (κ2) is 8.52. The number of nitrogens with zero attached hydrogens (tertiary/aromatic N) is 6. The van der Waals surface area contributed by atoms with E-state index in [9.17, 15) is 22.4 Å². The lowest BCUT2D eigenvalue weighted by Crippen LogP contribution is -2.51. The maximum absolute atomic E-state index is 14.7. The van der Waals surface area contributed by atoms with Gasteiger partial charge in [-0.1, -0.05) is 6.07 Å². The van der Waals surface area contributed by atoms with Gasteiger partial charge in [-0.3, -0.25) is 4.79 Å². The lowest BCUT2D eigenvalue weighted by Gasteiger charge is -2.39. The molecule has 2 atom stereocenters. The van der Waals surface area contributed by atoms with Gasteiger partial charge in [0.05, 0.1) is 30.8 Å². The Morgan fingerprint density at radius 2 is 1.91 bits per heavy atom. The van der Waals surface area contributed by atoms with Crippen LogP contribution in [0.3, 0.4) is 0 Å². The molecule has 8 nitrogen and oxygen atoms in total. The Kier molecular flexibility index (Phi) is 5.76. The van der Waals surface area contributed by atoms with Crippen LogP contribution in [0, 0.1) is 5.82 Å². The standard InChI is InChI=1S/C20H18F4N6O2/c1-12-15(32-17-11-25-16(10-26-17)20(22,23)24)6-3-9-29(12)19(31)18-13(21)4-2-5-14(18)30-27-7-8-28-30/h2,4-5,7-8,10-12,15H,3,6,9H2,1H3/t12-,15+/m0/s1. The molecule has 1 aliphatic rings. The third-order valence-electron chi connectivity index (χ3n) is 5.21. The van der Waals surface area contributed by atoms with Crippen LogP contribution < -0.4 is 4.74 Å². The number of ether oxygens (including phenoxy) is 1. The predicted octanol–water partition coefficient (Wildman–Crippen LogP) is 3.29. The molecule has 0 unspecified atom stereocenters. The van der Waals surface area contributed by atoms with Gasteiger partial charge in [0.25, 0.3) is 5.91 Å². The van der Waals surface area contributed by atoms with Gasteiger partial charge in [-0.2, -0.15) is 28.2 Å². The van der Waals surface area contributed by atoms with E-state index in [0.717, 1.165) is 11.0 Å². The Labute approximate surface area is 179 Å². The number of benzene rings is 1. The summed E-state index contributed by atoms with van der Waals surface area (Å²) in [6, 6.07) is 3.68. The fraction of sp³-hybridized carbons (Fsp3) is 0.350. The van der Waals surface area contributed by atoms with Crippen LogP contribution in [0.25, 0.3) is 5.69 Å². The van der Waals surface area contributed by atoms with E-state index in [1.165, 1.54) is 35.5 Å². The lowest BCUT2D eigenvalue weighted by atomic mass is 9.98. The predicted molar refractivity (Wildman–Crippen MR) is 102 cm³/mol. The minimum absolute atomic E-state index is 0.0866. The zero-order valence-electron chi connectivity index (χ0n) is 16.8. The van der Waals surface area contributed by atoms with E-state index >= 15 is 0 Å². The van der Waals surface area contributed by atoms with Crippen molar-refractivity contribution in [2.45, 2.75) is 38.1 Å². The van der Waals surface area contributed by atoms with Gasteiger partial charge in [-0.05, 0) is 31.9 Å². The molecule has 1 saturated heterocycles. The number of rotatable bonds is 4. The molecule has 0 saturated carbocycles. The van der Waals surface area contributed by atoms with E-state index < -0.39 is 35.7 Å². The third kappa shape index (κ3) is 4.25. The zero-order chi connectivity index (χ0) is 22.9. The number of hydrogen-bond donors (Lipinski definition) is 0. The van der Waals surface area contributed by atoms with Crippen molar-refractivity contribution in [1.29, 1.82) is 0 Å². The maximum Gasteiger partial charge on any atom is 0.434 e. The van der Waals surface area contributed by atoms with Crippen molar-refractivity contribution in [3.63, 3.8) is 0 Å². The number of piperidine rings is 1. The molecule has 4 rings (SSSR count). The second-order valence-corrected chi connectivity index (χ2v) is 7.23. The van der Waals surface area contributed by atoms with Crippen LogP contribution in [0.4, 0.5) is 17.6 Å². The van der Waals surface area contributed by atoms with Gasteiger partial charge in [0.2, 0.25) is 5.88 Å². The van der Waals surface area contributed by atoms with Crippen molar-refractivity contribution in [3.05, 3.63) is 60.1 Å².